The largest absolute Gasteiger partial charge is 0.392 e. The minimum absolute atomic E-state index is 0.0121. The molecule has 1 aromatic rings. The Morgan fingerprint density at radius 2 is 2.06 bits per heavy atom. The van der Waals surface area contributed by atoms with Crippen LogP contribution in [0.4, 0.5) is 8.78 Å². The molecule has 18 heavy (non-hydrogen) atoms. The SMILES string of the molecule is CC1CC1NS(=O)(=O)c1cc(CO)cc(F)c1F. The summed E-state index contributed by atoms with van der Waals surface area (Å²) in [4.78, 5) is -0.759. The second-order valence-electron chi connectivity index (χ2n) is 4.49. The molecule has 1 saturated carbocycles. The summed E-state index contributed by atoms with van der Waals surface area (Å²) in [6, 6.07) is 1.48. The first kappa shape index (κ1) is 13.4. The van der Waals surface area contributed by atoms with E-state index in [0.717, 1.165) is 12.1 Å². The molecule has 2 N–H and O–H groups in total. The molecule has 1 aromatic carbocycles. The highest BCUT2D eigenvalue weighted by Crippen LogP contribution is 2.31. The van der Waals surface area contributed by atoms with Crippen LogP contribution in [0.3, 0.4) is 0 Å². The molecule has 1 aliphatic carbocycles. The van der Waals surface area contributed by atoms with Gasteiger partial charge in [0.2, 0.25) is 10.0 Å². The highest BCUT2D eigenvalue weighted by molar-refractivity contribution is 7.89. The predicted octanol–water partition coefficient (Wildman–Crippen LogP) is 1.14. The van der Waals surface area contributed by atoms with Crippen molar-refractivity contribution in [2.24, 2.45) is 5.92 Å². The van der Waals surface area contributed by atoms with Crippen molar-refractivity contribution < 1.29 is 22.3 Å². The zero-order chi connectivity index (χ0) is 13.5. The van der Waals surface area contributed by atoms with Crippen molar-refractivity contribution >= 4 is 10.0 Å². The smallest absolute Gasteiger partial charge is 0.243 e. The van der Waals surface area contributed by atoms with E-state index in [2.05, 4.69) is 4.72 Å². The van der Waals surface area contributed by atoms with Crippen molar-refractivity contribution in [3.05, 3.63) is 29.3 Å². The molecule has 0 spiro atoms. The number of benzene rings is 1. The van der Waals surface area contributed by atoms with Gasteiger partial charge in [-0.1, -0.05) is 6.92 Å². The summed E-state index contributed by atoms with van der Waals surface area (Å²) in [5.41, 5.74) is 0.0121. The van der Waals surface area contributed by atoms with Crippen molar-refractivity contribution in [1.29, 1.82) is 0 Å². The Hall–Kier alpha value is -1.05. The minimum Gasteiger partial charge on any atom is -0.392 e. The van der Waals surface area contributed by atoms with E-state index in [1.54, 1.807) is 0 Å². The maximum Gasteiger partial charge on any atom is 0.243 e. The predicted molar refractivity (Wildman–Crippen MR) is 60.2 cm³/mol. The quantitative estimate of drug-likeness (QED) is 0.867. The van der Waals surface area contributed by atoms with E-state index in [1.165, 1.54) is 0 Å². The van der Waals surface area contributed by atoms with Crippen molar-refractivity contribution in [2.45, 2.75) is 30.9 Å². The van der Waals surface area contributed by atoms with Gasteiger partial charge in [0.25, 0.3) is 0 Å². The van der Waals surface area contributed by atoms with Gasteiger partial charge in [0.05, 0.1) is 6.61 Å². The van der Waals surface area contributed by atoms with Crippen LogP contribution >= 0.6 is 0 Å². The molecule has 0 aromatic heterocycles. The lowest BCUT2D eigenvalue weighted by Crippen LogP contribution is -2.28. The molecule has 2 atom stereocenters. The highest BCUT2D eigenvalue weighted by atomic mass is 32.2. The van der Waals surface area contributed by atoms with E-state index in [0.29, 0.717) is 6.42 Å². The average molecular weight is 277 g/mol. The summed E-state index contributed by atoms with van der Waals surface area (Å²) in [5, 5.41) is 8.88. The van der Waals surface area contributed by atoms with E-state index < -0.39 is 33.2 Å². The Balaban J connectivity index is 2.39. The Bertz CT molecular complexity index is 574. The summed E-state index contributed by atoms with van der Waals surface area (Å²) < 4.78 is 52.8. The molecule has 1 aliphatic rings. The van der Waals surface area contributed by atoms with Gasteiger partial charge in [-0.2, -0.15) is 0 Å². The van der Waals surface area contributed by atoms with Crippen molar-refractivity contribution in [3.8, 4) is 0 Å². The summed E-state index contributed by atoms with van der Waals surface area (Å²) in [5.74, 6) is -2.51. The first-order chi connectivity index (χ1) is 8.35. The molecule has 2 unspecified atom stereocenters. The first-order valence-corrected chi connectivity index (χ1v) is 6.94. The lowest BCUT2D eigenvalue weighted by Gasteiger charge is -2.09. The number of hydrogen-bond acceptors (Lipinski definition) is 3. The number of nitrogens with one attached hydrogen (secondary N) is 1. The molecule has 0 bridgehead atoms. The Kier molecular flexibility index (Phi) is 3.39. The highest BCUT2D eigenvalue weighted by Gasteiger charge is 2.37. The molecule has 1 fully saturated rings. The Morgan fingerprint density at radius 1 is 1.44 bits per heavy atom. The Morgan fingerprint density at radius 3 is 2.56 bits per heavy atom. The van der Waals surface area contributed by atoms with E-state index in [1.807, 2.05) is 6.92 Å². The number of hydrogen-bond donors (Lipinski definition) is 2. The lowest BCUT2D eigenvalue weighted by atomic mass is 10.2. The van der Waals surface area contributed by atoms with Gasteiger partial charge in [-0.05, 0) is 30.0 Å². The molecule has 4 nitrogen and oxygen atoms in total. The van der Waals surface area contributed by atoms with Crippen LogP contribution in [0.25, 0.3) is 0 Å². The maximum absolute atomic E-state index is 13.5. The van der Waals surface area contributed by atoms with Crippen LogP contribution in [-0.2, 0) is 16.6 Å². The molecule has 0 aliphatic heterocycles. The van der Waals surface area contributed by atoms with Crippen LogP contribution in [-0.4, -0.2) is 19.6 Å². The van der Waals surface area contributed by atoms with Gasteiger partial charge in [-0.25, -0.2) is 21.9 Å². The van der Waals surface area contributed by atoms with Gasteiger partial charge >= 0.3 is 0 Å². The number of sulfonamides is 1. The number of halogens is 2. The molecule has 0 saturated heterocycles. The molecular weight excluding hydrogens is 264 g/mol. The standard InChI is InChI=1S/C11H13F2NO3S/c1-6-2-9(6)14-18(16,17)10-4-7(5-15)3-8(12)11(10)13/h3-4,6,9,14-15H,2,5H2,1H3. The maximum atomic E-state index is 13.5. The fraction of sp³-hybridized carbons (Fsp3) is 0.455. The van der Waals surface area contributed by atoms with Gasteiger partial charge in [0.15, 0.2) is 11.6 Å². The van der Waals surface area contributed by atoms with Gasteiger partial charge in [0.1, 0.15) is 4.90 Å². The third-order valence-corrected chi connectivity index (χ3v) is 4.43. The summed E-state index contributed by atoms with van der Waals surface area (Å²) >= 11 is 0. The van der Waals surface area contributed by atoms with Crippen LogP contribution in [0.2, 0.25) is 0 Å². The number of aliphatic hydroxyl groups excluding tert-OH is 1. The topological polar surface area (TPSA) is 66.4 Å². The monoisotopic (exact) mass is 277 g/mol. The molecule has 0 heterocycles. The first-order valence-electron chi connectivity index (χ1n) is 5.46. The van der Waals surface area contributed by atoms with Crippen molar-refractivity contribution in [2.75, 3.05) is 0 Å². The summed E-state index contributed by atoms with van der Waals surface area (Å²) in [6.07, 6.45) is 0.684. The van der Waals surface area contributed by atoms with Gasteiger partial charge in [-0.3, -0.25) is 0 Å². The van der Waals surface area contributed by atoms with Crippen molar-refractivity contribution in [3.63, 3.8) is 0 Å². The zero-order valence-electron chi connectivity index (χ0n) is 9.65. The van der Waals surface area contributed by atoms with Crippen LogP contribution < -0.4 is 4.72 Å². The van der Waals surface area contributed by atoms with Gasteiger partial charge < -0.3 is 5.11 Å². The number of rotatable bonds is 4. The molecular formula is C11H13F2NO3S. The molecule has 7 heteroatoms. The van der Waals surface area contributed by atoms with E-state index in [4.69, 9.17) is 5.11 Å². The third-order valence-electron chi connectivity index (χ3n) is 2.94. The zero-order valence-corrected chi connectivity index (χ0v) is 10.5. The molecule has 2 rings (SSSR count). The van der Waals surface area contributed by atoms with Crippen LogP contribution in [0, 0.1) is 17.6 Å². The Labute approximate surface area is 104 Å². The van der Waals surface area contributed by atoms with Gasteiger partial charge in [-0.15, -0.1) is 0 Å². The van der Waals surface area contributed by atoms with Gasteiger partial charge in [0, 0.05) is 6.04 Å². The lowest BCUT2D eigenvalue weighted by molar-refractivity contribution is 0.280. The van der Waals surface area contributed by atoms with Crippen molar-refractivity contribution in [1.82, 2.24) is 4.72 Å². The van der Waals surface area contributed by atoms with Crippen LogP contribution in [0.5, 0.6) is 0 Å². The third kappa shape index (κ3) is 2.52. The normalized spacial score (nSPS) is 23.1. The fourth-order valence-electron chi connectivity index (χ4n) is 1.65. The molecule has 0 radical (unpaired) electrons. The minimum atomic E-state index is -4.09. The van der Waals surface area contributed by atoms with Crippen LogP contribution in [0.15, 0.2) is 17.0 Å². The van der Waals surface area contributed by atoms with E-state index in [9.17, 15) is 17.2 Å². The fourth-order valence-corrected chi connectivity index (χ4v) is 3.15. The molecule has 0 amide bonds. The molecule has 100 valence electrons. The van der Waals surface area contributed by atoms with Crippen LogP contribution in [0.1, 0.15) is 18.9 Å². The summed E-state index contributed by atoms with van der Waals surface area (Å²) in [7, 11) is -4.09. The average Bonchev–Trinajstić information content (AvgIpc) is 2.96. The number of aliphatic hydroxyl groups is 1. The second-order valence-corrected chi connectivity index (χ2v) is 6.17. The summed E-state index contributed by atoms with van der Waals surface area (Å²) in [6.45, 7) is 1.30. The van der Waals surface area contributed by atoms with E-state index in [-0.39, 0.29) is 17.5 Å². The van der Waals surface area contributed by atoms with E-state index >= 15 is 0 Å². The second kappa shape index (κ2) is 4.56.